The summed E-state index contributed by atoms with van der Waals surface area (Å²) in [6.45, 7) is 0. The lowest BCUT2D eigenvalue weighted by Gasteiger charge is -1.95. The Bertz CT molecular complexity index is 279. The van der Waals surface area contributed by atoms with Gasteiger partial charge in [0.25, 0.3) is 0 Å². The molecule has 0 radical (unpaired) electrons. The van der Waals surface area contributed by atoms with Crippen molar-refractivity contribution in [2.24, 2.45) is 0 Å². The monoisotopic (exact) mass is 164 g/mol. The molecule has 1 heteroatoms. The van der Waals surface area contributed by atoms with Crippen LogP contribution in [0.2, 0.25) is 0 Å². The molecule has 1 saturated carbocycles. The summed E-state index contributed by atoms with van der Waals surface area (Å²) in [4.78, 5) is 0. The first-order valence-electron chi connectivity index (χ1n) is 3.81. The van der Waals surface area contributed by atoms with Crippen LogP contribution in [0.3, 0.4) is 0 Å². The zero-order valence-corrected chi connectivity index (χ0v) is 6.93. The molecule has 56 valence electrons. The molecular formula is C10H9Cl. The maximum Gasteiger partial charge on any atom is 0.0470 e. The normalized spacial score (nSPS) is 14.8. The van der Waals surface area contributed by atoms with Gasteiger partial charge in [-0.15, -0.1) is 0 Å². The molecule has 1 aromatic rings. The molecule has 0 atom stereocenters. The highest BCUT2D eigenvalue weighted by Crippen LogP contribution is 2.38. The minimum Gasteiger partial charge on any atom is -0.0837 e. The van der Waals surface area contributed by atoms with E-state index < -0.39 is 0 Å². The molecule has 0 aromatic heterocycles. The second-order valence-electron chi connectivity index (χ2n) is 2.78. The van der Waals surface area contributed by atoms with E-state index in [1.165, 1.54) is 18.4 Å². The van der Waals surface area contributed by atoms with E-state index in [1.807, 2.05) is 30.3 Å². The van der Waals surface area contributed by atoms with E-state index in [2.05, 4.69) is 0 Å². The van der Waals surface area contributed by atoms with Crippen molar-refractivity contribution in [1.82, 2.24) is 0 Å². The van der Waals surface area contributed by atoms with E-state index in [9.17, 15) is 0 Å². The second kappa shape index (κ2) is 2.71. The fourth-order valence-electron chi connectivity index (χ4n) is 1.07. The summed E-state index contributed by atoms with van der Waals surface area (Å²) >= 11 is 6.08. The lowest BCUT2D eigenvalue weighted by atomic mass is 10.2. The Morgan fingerprint density at radius 1 is 1.09 bits per heavy atom. The smallest absolute Gasteiger partial charge is 0.0470 e. The summed E-state index contributed by atoms with van der Waals surface area (Å²) in [5.74, 6) is 0. The first-order chi connectivity index (χ1) is 5.38. The van der Waals surface area contributed by atoms with Crippen molar-refractivity contribution in [2.45, 2.75) is 12.8 Å². The lowest BCUT2D eigenvalue weighted by Crippen LogP contribution is -1.73. The van der Waals surface area contributed by atoms with Gasteiger partial charge in [-0.1, -0.05) is 47.5 Å². The summed E-state index contributed by atoms with van der Waals surface area (Å²) < 4.78 is 0. The molecule has 0 spiro atoms. The molecule has 0 saturated heterocycles. The van der Waals surface area contributed by atoms with Crippen LogP contribution in [0.5, 0.6) is 0 Å². The maximum atomic E-state index is 6.08. The van der Waals surface area contributed by atoms with Gasteiger partial charge in [-0.2, -0.15) is 0 Å². The molecular weight excluding hydrogens is 156 g/mol. The summed E-state index contributed by atoms with van der Waals surface area (Å²) in [6, 6.07) is 10.1. The van der Waals surface area contributed by atoms with E-state index in [1.54, 1.807) is 0 Å². The molecule has 0 bridgehead atoms. The van der Waals surface area contributed by atoms with Gasteiger partial charge in [0.15, 0.2) is 0 Å². The van der Waals surface area contributed by atoms with Crippen LogP contribution in [0.1, 0.15) is 18.4 Å². The van der Waals surface area contributed by atoms with Crippen LogP contribution in [0, 0.1) is 0 Å². The van der Waals surface area contributed by atoms with E-state index in [-0.39, 0.29) is 0 Å². The summed E-state index contributed by atoms with van der Waals surface area (Å²) in [5.41, 5.74) is 2.56. The minimum absolute atomic E-state index is 0.964. The Morgan fingerprint density at radius 3 is 2.27 bits per heavy atom. The third-order valence-corrected chi connectivity index (χ3v) is 2.32. The molecule has 1 aliphatic carbocycles. The van der Waals surface area contributed by atoms with Crippen LogP contribution in [0.4, 0.5) is 0 Å². The highest BCUT2D eigenvalue weighted by atomic mass is 35.5. The first-order valence-corrected chi connectivity index (χ1v) is 4.18. The van der Waals surface area contributed by atoms with Crippen LogP contribution in [-0.2, 0) is 0 Å². The molecule has 0 amide bonds. The Hall–Kier alpha value is -0.750. The van der Waals surface area contributed by atoms with Crippen LogP contribution in [0.25, 0.3) is 5.03 Å². The molecule has 0 aliphatic heterocycles. The second-order valence-corrected chi connectivity index (χ2v) is 3.16. The van der Waals surface area contributed by atoms with Gasteiger partial charge in [0.2, 0.25) is 0 Å². The van der Waals surface area contributed by atoms with Crippen LogP contribution in [0.15, 0.2) is 35.9 Å². The Kier molecular flexibility index (Phi) is 1.71. The maximum absolute atomic E-state index is 6.08. The van der Waals surface area contributed by atoms with Gasteiger partial charge in [0.1, 0.15) is 0 Å². The lowest BCUT2D eigenvalue weighted by molar-refractivity contribution is 1.50. The van der Waals surface area contributed by atoms with Crippen LogP contribution in [-0.4, -0.2) is 0 Å². The zero-order valence-electron chi connectivity index (χ0n) is 6.18. The third-order valence-electron chi connectivity index (χ3n) is 1.84. The molecule has 0 heterocycles. The van der Waals surface area contributed by atoms with Gasteiger partial charge >= 0.3 is 0 Å². The van der Waals surface area contributed by atoms with Gasteiger partial charge in [-0.25, -0.2) is 0 Å². The molecule has 0 nitrogen and oxygen atoms in total. The highest BCUT2D eigenvalue weighted by Gasteiger charge is 2.16. The molecule has 2 rings (SSSR count). The minimum atomic E-state index is 0.964. The predicted molar refractivity (Wildman–Crippen MR) is 48.4 cm³/mol. The first kappa shape index (κ1) is 6.93. The molecule has 1 aliphatic rings. The molecule has 11 heavy (non-hydrogen) atoms. The van der Waals surface area contributed by atoms with Crippen molar-refractivity contribution in [3.8, 4) is 0 Å². The number of allylic oxidation sites excluding steroid dienone is 1. The van der Waals surface area contributed by atoms with Crippen molar-refractivity contribution >= 4 is 16.6 Å². The van der Waals surface area contributed by atoms with Crippen molar-refractivity contribution < 1.29 is 0 Å². The van der Waals surface area contributed by atoms with E-state index in [4.69, 9.17) is 11.6 Å². The van der Waals surface area contributed by atoms with Gasteiger partial charge in [0.05, 0.1) is 0 Å². The SMILES string of the molecule is ClC(=C1CC1)c1ccccc1. The van der Waals surface area contributed by atoms with Crippen molar-refractivity contribution in [3.05, 3.63) is 41.5 Å². The fraction of sp³-hybridized carbons (Fsp3) is 0.200. The van der Waals surface area contributed by atoms with Gasteiger partial charge in [-0.3, -0.25) is 0 Å². The number of halogens is 1. The quantitative estimate of drug-likeness (QED) is 0.597. The average Bonchev–Trinajstić information content (AvgIpc) is 2.87. The number of hydrogen-bond donors (Lipinski definition) is 0. The van der Waals surface area contributed by atoms with Crippen LogP contribution < -0.4 is 0 Å². The Labute approximate surface area is 71.5 Å². The van der Waals surface area contributed by atoms with Crippen molar-refractivity contribution in [2.75, 3.05) is 0 Å². The predicted octanol–water partition coefficient (Wildman–Crippen LogP) is 3.43. The van der Waals surface area contributed by atoms with Gasteiger partial charge < -0.3 is 0 Å². The average molecular weight is 165 g/mol. The van der Waals surface area contributed by atoms with Gasteiger partial charge in [0, 0.05) is 5.03 Å². The number of benzene rings is 1. The summed E-state index contributed by atoms with van der Waals surface area (Å²) in [6.07, 6.45) is 2.38. The highest BCUT2D eigenvalue weighted by molar-refractivity contribution is 6.49. The number of hydrogen-bond acceptors (Lipinski definition) is 0. The molecule has 0 N–H and O–H groups in total. The molecule has 0 unspecified atom stereocenters. The zero-order chi connectivity index (χ0) is 7.68. The van der Waals surface area contributed by atoms with E-state index in [0.29, 0.717) is 0 Å². The van der Waals surface area contributed by atoms with Gasteiger partial charge in [-0.05, 0) is 18.4 Å². The largest absolute Gasteiger partial charge is 0.0837 e. The van der Waals surface area contributed by atoms with Crippen molar-refractivity contribution in [3.63, 3.8) is 0 Å². The Morgan fingerprint density at radius 2 is 1.73 bits per heavy atom. The standard InChI is InChI=1S/C10H9Cl/c11-10(9-6-7-9)8-4-2-1-3-5-8/h1-5H,6-7H2. The Balaban J connectivity index is 2.37. The van der Waals surface area contributed by atoms with E-state index >= 15 is 0 Å². The topological polar surface area (TPSA) is 0 Å². The molecule has 1 aromatic carbocycles. The van der Waals surface area contributed by atoms with E-state index in [0.717, 1.165) is 10.6 Å². The third kappa shape index (κ3) is 1.46. The summed E-state index contributed by atoms with van der Waals surface area (Å²) in [7, 11) is 0. The summed E-state index contributed by atoms with van der Waals surface area (Å²) in [5, 5.41) is 0.964. The number of rotatable bonds is 1. The van der Waals surface area contributed by atoms with Crippen LogP contribution >= 0.6 is 11.6 Å². The molecule has 1 fully saturated rings. The van der Waals surface area contributed by atoms with Crippen molar-refractivity contribution in [1.29, 1.82) is 0 Å². The fourth-order valence-corrected chi connectivity index (χ4v) is 1.39.